The van der Waals surface area contributed by atoms with Crippen LogP contribution in [-0.2, 0) is 0 Å². The molecule has 0 spiro atoms. The molecule has 104 valence electrons. The van der Waals surface area contributed by atoms with Gasteiger partial charge < -0.3 is 16.8 Å². The van der Waals surface area contributed by atoms with Gasteiger partial charge in [0.15, 0.2) is 0 Å². The summed E-state index contributed by atoms with van der Waals surface area (Å²) in [5.41, 5.74) is 13.1. The maximum absolute atomic E-state index is 11.5. The monoisotopic (exact) mass is 279 g/mol. The summed E-state index contributed by atoms with van der Waals surface area (Å²) in [4.78, 5) is 20.0. The first-order chi connectivity index (χ1) is 10.1. The van der Waals surface area contributed by atoms with Gasteiger partial charge >= 0.3 is 0 Å². The van der Waals surface area contributed by atoms with Crippen LogP contribution in [0.3, 0.4) is 0 Å². The number of benzene rings is 1. The smallest absolute Gasteiger partial charge is 0.252 e. The first kappa shape index (κ1) is 12.9. The number of amides is 1. The highest BCUT2D eigenvalue weighted by atomic mass is 16.1. The van der Waals surface area contributed by atoms with Gasteiger partial charge in [-0.1, -0.05) is 18.2 Å². The van der Waals surface area contributed by atoms with Gasteiger partial charge in [-0.25, -0.2) is 4.98 Å². The van der Waals surface area contributed by atoms with Crippen LogP contribution in [0.15, 0.2) is 48.8 Å². The Morgan fingerprint density at radius 3 is 2.76 bits per heavy atom. The van der Waals surface area contributed by atoms with Crippen LogP contribution in [0.1, 0.15) is 10.4 Å². The predicted octanol–water partition coefficient (Wildman–Crippen LogP) is 2.05. The van der Waals surface area contributed by atoms with E-state index < -0.39 is 5.91 Å². The molecule has 0 unspecified atom stereocenters. The number of para-hydroxylation sites is 1. The second-order valence-electron chi connectivity index (χ2n) is 4.53. The van der Waals surface area contributed by atoms with E-state index in [0.717, 1.165) is 16.6 Å². The molecule has 0 radical (unpaired) electrons. The molecular formula is C15H13N5O. The van der Waals surface area contributed by atoms with Crippen LogP contribution in [0, 0.1) is 0 Å². The summed E-state index contributed by atoms with van der Waals surface area (Å²) in [5.74, 6) is -0.236. The topological polar surface area (TPSA) is 107 Å². The molecule has 3 rings (SSSR count). The van der Waals surface area contributed by atoms with Gasteiger partial charge in [-0.2, -0.15) is 0 Å². The normalized spacial score (nSPS) is 10.5. The van der Waals surface area contributed by atoms with Crippen LogP contribution >= 0.6 is 0 Å². The van der Waals surface area contributed by atoms with Gasteiger partial charge in [-0.3, -0.25) is 9.78 Å². The molecule has 2 aromatic heterocycles. The molecular weight excluding hydrogens is 266 g/mol. The third-order valence-electron chi connectivity index (χ3n) is 3.06. The lowest BCUT2D eigenvalue weighted by Crippen LogP contribution is -2.15. The average Bonchev–Trinajstić information content (AvgIpc) is 2.49. The number of nitrogen functional groups attached to an aromatic ring is 1. The summed E-state index contributed by atoms with van der Waals surface area (Å²) in [6.07, 6.45) is 3.17. The summed E-state index contributed by atoms with van der Waals surface area (Å²) < 4.78 is 0. The molecule has 0 fully saturated rings. The number of hydrogen-bond acceptors (Lipinski definition) is 5. The van der Waals surface area contributed by atoms with Crippen molar-refractivity contribution in [2.75, 3.05) is 11.1 Å². The van der Waals surface area contributed by atoms with Gasteiger partial charge in [0.2, 0.25) is 0 Å². The second kappa shape index (κ2) is 5.09. The molecule has 0 aliphatic heterocycles. The lowest BCUT2D eigenvalue weighted by molar-refractivity contribution is 0.100. The summed E-state index contributed by atoms with van der Waals surface area (Å²) in [6.45, 7) is 0. The number of nitrogens with one attached hydrogen (secondary N) is 1. The van der Waals surface area contributed by atoms with Crippen molar-refractivity contribution >= 4 is 34.0 Å². The minimum absolute atomic E-state index is 0.239. The fraction of sp³-hybridized carbons (Fsp3) is 0. The van der Waals surface area contributed by atoms with E-state index in [0.29, 0.717) is 11.5 Å². The highest BCUT2D eigenvalue weighted by Gasteiger charge is 2.12. The quantitative estimate of drug-likeness (QED) is 0.680. The minimum Gasteiger partial charge on any atom is -0.397 e. The molecule has 3 aromatic rings. The zero-order valence-electron chi connectivity index (χ0n) is 11.1. The maximum atomic E-state index is 11.5. The third kappa shape index (κ3) is 2.46. The van der Waals surface area contributed by atoms with E-state index in [1.807, 2.05) is 30.3 Å². The number of nitrogens with two attached hydrogens (primary N) is 2. The van der Waals surface area contributed by atoms with E-state index in [9.17, 15) is 4.79 Å². The van der Waals surface area contributed by atoms with Gasteiger partial charge in [0, 0.05) is 11.6 Å². The summed E-state index contributed by atoms with van der Waals surface area (Å²) in [5, 5.41) is 4.08. The number of pyridine rings is 2. The number of carbonyl (C=O) groups excluding carboxylic acids is 1. The molecule has 0 aliphatic carbocycles. The lowest BCUT2D eigenvalue weighted by atomic mass is 10.1. The van der Waals surface area contributed by atoms with Crippen LogP contribution in [0.4, 0.5) is 17.2 Å². The van der Waals surface area contributed by atoms with Crippen LogP contribution in [-0.4, -0.2) is 15.9 Å². The lowest BCUT2D eigenvalue weighted by Gasteiger charge is -2.11. The number of aromatic nitrogens is 2. The Bertz CT molecular complexity index is 826. The Morgan fingerprint density at radius 2 is 1.95 bits per heavy atom. The number of rotatable bonds is 3. The predicted molar refractivity (Wildman–Crippen MR) is 82.2 cm³/mol. The van der Waals surface area contributed by atoms with Crippen molar-refractivity contribution in [3.8, 4) is 0 Å². The molecule has 6 nitrogen and oxygen atoms in total. The number of nitrogens with zero attached hydrogens (tertiary/aromatic N) is 2. The van der Waals surface area contributed by atoms with E-state index in [-0.39, 0.29) is 5.56 Å². The Kier molecular flexibility index (Phi) is 3.12. The highest BCUT2D eigenvalue weighted by Crippen LogP contribution is 2.25. The highest BCUT2D eigenvalue weighted by molar-refractivity contribution is 6.00. The number of primary amides is 1. The number of carbonyl (C=O) groups is 1. The largest absolute Gasteiger partial charge is 0.397 e. The molecule has 0 atom stereocenters. The van der Waals surface area contributed by atoms with Crippen molar-refractivity contribution in [2.24, 2.45) is 5.73 Å². The van der Waals surface area contributed by atoms with Gasteiger partial charge in [0.25, 0.3) is 5.91 Å². The van der Waals surface area contributed by atoms with E-state index in [1.165, 1.54) is 12.3 Å². The van der Waals surface area contributed by atoms with Crippen molar-refractivity contribution in [2.45, 2.75) is 0 Å². The summed E-state index contributed by atoms with van der Waals surface area (Å²) in [6, 6.07) is 11.0. The van der Waals surface area contributed by atoms with Gasteiger partial charge in [-0.05, 0) is 18.2 Å². The zero-order chi connectivity index (χ0) is 14.8. The second-order valence-corrected chi connectivity index (χ2v) is 4.53. The molecule has 0 bridgehead atoms. The Balaban J connectivity index is 2.09. The minimum atomic E-state index is -0.592. The molecule has 5 N–H and O–H groups in total. The van der Waals surface area contributed by atoms with Crippen molar-refractivity contribution in [1.82, 2.24) is 9.97 Å². The molecule has 1 amide bonds. The Morgan fingerprint density at radius 1 is 1.14 bits per heavy atom. The molecule has 1 aromatic carbocycles. The molecule has 0 saturated carbocycles. The SMILES string of the molecule is NC(=O)c1cc(N)cnc1Nc1cccc2cccnc12. The van der Waals surface area contributed by atoms with E-state index in [2.05, 4.69) is 15.3 Å². The molecule has 6 heteroatoms. The Hall–Kier alpha value is -3.15. The fourth-order valence-corrected chi connectivity index (χ4v) is 2.10. The van der Waals surface area contributed by atoms with Crippen molar-refractivity contribution < 1.29 is 4.79 Å². The van der Waals surface area contributed by atoms with E-state index in [1.54, 1.807) is 6.20 Å². The van der Waals surface area contributed by atoms with Crippen LogP contribution in [0.5, 0.6) is 0 Å². The van der Waals surface area contributed by atoms with E-state index in [4.69, 9.17) is 11.5 Å². The van der Waals surface area contributed by atoms with E-state index >= 15 is 0 Å². The number of anilines is 3. The van der Waals surface area contributed by atoms with Crippen molar-refractivity contribution in [1.29, 1.82) is 0 Å². The molecule has 0 aliphatic rings. The van der Waals surface area contributed by atoms with Crippen molar-refractivity contribution in [3.63, 3.8) is 0 Å². The summed E-state index contributed by atoms with van der Waals surface area (Å²) in [7, 11) is 0. The van der Waals surface area contributed by atoms with Crippen LogP contribution < -0.4 is 16.8 Å². The average molecular weight is 279 g/mol. The zero-order valence-corrected chi connectivity index (χ0v) is 11.1. The first-order valence-corrected chi connectivity index (χ1v) is 6.31. The van der Waals surface area contributed by atoms with Crippen molar-refractivity contribution in [3.05, 3.63) is 54.4 Å². The van der Waals surface area contributed by atoms with Gasteiger partial charge in [0.05, 0.1) is 28.7 Å². The third-order valence-corrected chi connectivity index (χ3v) is 3.06. The number of hydrogen-bond donors (Lipinski definition) is 3. The van der Waals surface area contributed by atoms with Gasteiger partial charge in [-0.15, -0.1) is 0 Å². The van der Waals surface area contributed by atoms with Gasteiger partial charge in [0.1, 0.15) is 5.82 Å². The fourth-order valence-electron chi connectivity index (χ4n) is 2.10. The molecule has 2 heterocycles. The number of fused-ring (bicyclic) bond motifs is 1. The summed E-state index contributed by atoms with van der Waals surface area (Å²) >= 11 is 0. The molecule has 21 heavy (non-hydrogen) atoms. The Labute approximate surface area is 120 Å². The standard InChI is InChI=1S/C15H13N5O/c16-10-7-11(14(17)21)15(19-8-10)20-12-5-1-3-9-4-2-6-18-13(9)12/h1-8H,16H2,(H2,17,21)(H,19,20). The van der Waals surface area contributed by atoms with Crippen LogP contribution in [0.25, 0.3) is 10.9 Å². The maximum Gasteiger partial charge on any atom is 0.252 e. The van der Waals surface area contributed by atoms with Crippen LogP contribution in [0.2, 0.25) is 0 Å². The first-order valence-electron chi connectivity index (χ1n) is 6.31. The molecule has 0 saturated heterocycles.